The van der Waals surface area contributed by atoms with Gasteiger partial charge >= 0.3 is 5.97 Å². The molecular formula is C14H18N2O4. The van der Waals surface area contributed by atoms with Crippen molar-refractivity contribution >= 4 is 11.9 Å². The number of β-amino-alcohol motifs (C(OH)–C–C–N with tert-alkyl or cyclic N) is 1. The lowest BCUT2D eigenvalue weighted by Gasteiger charge is -2.16. The first-order valence-electron chi connectivity index (χ1n) is 6.55. The quantitative estimate of drug-likeness (QED) is 0.592. The van der Waals surface area contributed by atoms with Crippen LogP contribution in [0.2, 0.25) is 0 Å². The van der Waals surface area contributed by atoms with Crippen LogP contribution >= 0.6 is 0 Å². The number of carbonyl (C=O) groups is 2. The number of hydrogen-bond acceptors (Lipinski definition) is 4. The van der Waals surface area contributed by atoms with E-state index in [0.717, 1.165) is 0 Å². The number of aliphatic hydroxyl groups is 1. The highest BCUT2D eigenvalue weighted by atomic mass is 16.4. The van der Waals surface area contributed by atoms with Crippen LogP contribution in [0.1, 0.15) is 17.9 Å². The largest absolute Gasteiger partial charge is 0.481 e. The van der Waals surface area contributed by atoms with Crippen molar-refractivity contribution in [3.05, 3.63) is 35.9 Å². The Kier molecular flexibility index (Phi) is 4.70. The molecule has 6 heteroatoms. The first kappa shape index (κ1) is 14.5. The van der Waals surface area contributed by atoms with E-state index in [4.69, 9.17) is 0 Å². The van der Waals surface area contributed by atoms with E-state index in [9.17, 15) is 19.8 Å². The summed E-state index contributed by atoms with van der Waals surface area (Å²) in [6.07, 6.45) is -0.162. The second-order valence-corrected chi connectivity index (χ2v) is 4.90. The summed E-state index contributed by atoms with van der Waals surface area (Å²) in [5.41, 5.74) is 0.653. The lowest BCUT2D eigenvalue weighted by atomic mass is 9.99. The normalized spacial score (nSPS) is 23.2. The summed E-state index contributed by atoms with van der Waals surface area (Å²) in [6, 6.07) is 8.34. The number of aliphatic carboxylic acids is 1. The number of amides is 1. The number of nitrogens with one attached hydrogen (secondary N) is 2. The minimum Gasteiger partial charge on any atom is -0.481 e. The number of benzene rings is 1. The molecule has 1 aromatic rings. The molecule has 0 aliphatic carbocycles. The molecule has 1 aromatic carbocycles. The minimum atomic E-state index is -0.976. The van der Waals surface area contributed by atoms with Gasteiger partial charge in [0.05, 0.1) is 18.1 Å². The van der Waals surface area contributed by atoms with E-state index in [-0.39, 0.29) is 12.5 Å². The van der Waals surface area contributed by atoms with E-state index in [1.54, 1.807) is 24.3 Å². The molecular weight excluding hydrogens is 260 g/mol. The van der Waals surface area contributed by atoms with Gasteiger partial charge in [0.1, 0.15) is 0 Å². The van der Waals surface area contributed by atoms with Crippen molar-refractivity contribution in [3.8, 4) is 0 Å². The molecule has 1 fully saturated rings. The summed E-state index contributed by atoms with van der Waals surface area (Å²) in [7, 11) is 0. The van der Waals surface area contributed by atoms with E-state index < -0.39 is 24.0 Å². The summed E-state index contributed by atoms with van der Waals surface area (Å²) in [4.78, 5) is 23.2. The molecule has 1 heterocycles. The number of carboxylic acid groups (broad SMARTS) is 1. The van der Waals surface area contributed by atoms with Crippen molar-refractivity contribution in [2.75, 3.05) is 13.1 Å². The first-order chi connectivity index (χ1) is 9.58. The fourth-order valence-electron chi connectivity index (χ4n) is 2.28. The fraction of sp³-hybridized carbons (Fsp3) is 0.429. The highest BCUT2D eigenvalue weighted by Crippen LogP contribution is 2.15. The third kappa shape index (κ3) is 3.55. The lowest BCUT2D eigenvalue weighted by Crippen LogP contribution is -2.42. The highest BCUT2D eigenvalue weighted by molar-refractivity contribution is 5.83. The van der Waals surface area contributed by atoms with Crippen molar-refractivity contribution < 1.29 is 19.8 Å². The Morgan fingerprint density at radius 3 is 2.60 bits per heavy atom. The molecule has 20 heavy (non-hydrogen) atoms. The van der Waals surface area contributed by atoms with Crippen LogP contribution in [0.5, 0.6) is 0 Å². The Morgan fingerprint density at radius 1 is 1.35 bits per heavy atom. The van der Waals surface area contributed by atoms with Crippen molar-refractivity contribution in [3.63, 3.8) is 0 Å². The van der Waals surface area contributed by atoms with Crippen molar-refractivity contribution in [2.24, 2.45) is 0 Å². The maximum atomic E-state index is 11.9. The van der Waals surface area contributed by atoms with Crippen LogP contribution in [0.4, 0.5) is 0 Å². The van der Waals surface area contributed by atoms with Gasteiger partial charge in [-0.2, -0.15) is 0 Å². The average Bonchev–Trinajstić information content (AvgIpc) is 2.86. The number of carboxylic acids is 1. The monoisotopic (exact) mass is 278 g/mol. The van der Waals surface area contributed by atoms with Gasteiger partial charge in [0.2, 0.25) is 5.91 Å². The van der Waals surface area contributed by atoms with Crippen molar-refractivity contribution in [1.82, 2.24) is 10.6 Å². The predicted octanol–water partition coefficient (Wildman–Crippen LogP) is -0.306. The Bertz CT molecular complexity index is 477. The van der Waals surface area contributed by atoms with Crippen LogP contribution < -0.4 is 10.6 Å². The molecule has 1 saturated heterocycles. The number of aliphatic hydroxyl groups excluding tert-OH is 1. The second-order valence-electron chi connectivity index (χ2n) is 4.90. The third-order valence-electron chi connectivity index (χ3n) is 3.40. The van der Waals surface area contributed by atoms with Gasteiger partial charge in [0.25, 0.3) is 0 Å². The predicted molar refractivity (Wildman–Crippen MR) is 72.2 cm³/mol. The van der Waals surface area contributed by atoms with Crippen LogP contribution in [0.3, 0.4) is 0 Å². The summed E-state index contributed by atoms with van der Waals surface area (Å²) >= 11 is 0. The number of carbonyl (C=O) groups excluding carboxylic acids is 1. The molecule has 6 nitrogen and oxygen atoms in total. The van der Waals surface area contributed by atoms with Gasteiger partial charge < -0.3 is 20.8 Å². The molecule has 0 spiro atoms. The molecule has 2 rings (SSSR count). The van der Waals surface area contributed by atoms with Crippen molar-refractivity contribution in [2.45, 2.75) is 24.5 Å². The molecule has 4 N–H and O–H groups in total. The van der Waals surface area contributed by atoms with Crippen LogP contribution in [-0.2, 0) is 9.59 Å². The number of hydrogen-bond donors (Lipinski definition) is 4. The van der Waals surface area contributed by atoms with Crippen LogP contribution in [0.15, 0.2) is 30.3 Å². The molecule has 1 aliphatic rings. The van der Waals surface area contributed by atoms with E-state index in [0.29, 0.717) is 18.5 Å². The topological polar surface area (TPSA) is 98.7 Å². The summed E-state index contributed by atoms with van der Waals surface area (Å²) in [5, 5.41) is 24.1. The maximum absolute atomic E-state index is 11.9. The molecule has 3 atom stereocenters. The highest BCUT2D eigenvalue weighted by Gasteiger charge is 2.29. The van der Waals surface area contributed by atoms with Gasteiger partial charge in [-0.15, -0.1) is 0 Å². The van der Waals surface area contributed by atoms with Gasteiger partial charge in [0, 0.05) is 13.1 Å². The van der Waals surface area contributed by atoms with E-state index in [1.165, 1.54) is 0 Å². The first-order valence-corrected chi connectivity index (χ1v) is 6.55. The Morgan fingerprint density at radius 2 is 2.05 bits per heavy atom. The molecule has 1 amide bonds. The standard InChI is InChI=1S/C14H18N2O4/c17-10-6-12(15-7-10)13(18)16-8-11(14(19)20)9-4-2-1-3-5-9/h1-5,10-12,15,17H,6-8H2,(H,16,18)(H,19,20). The molecule has 0 aromatic heterocycles. The molecule has 0 radical (unpaired) electrons. The average molecular weight is 278 g/mol. The zero-order valence-corrected chi connectivity index (χ0v) is 11.0. The van der Waals surface area contributed by atoms with E-state index in [1.807, 2.05) is 6.07 Å². The Hall–Kier alpha value is -1.92. The molecule has 108 valence electrons. The SMILES string of the molecule is O=C(NCC(C(=O)O)c1ccccc1)C1CC(O)CN1. The molecule has 0 bridgehead atoms. The summed E-state index contributed by atoms with van der Waals surface area (Å²) in [6.45, 7) is 0.422. The van der Waals surface area contributed by atoms with Gasteiger partial charge in [-0.05, 0) is 12.0 Å². The van der Waals surface area contributed by atoms with E-state index >= 15 is 0 Å². The van der Waals surface area contributed by atoms with Crippen molar-refractivity contribution in [1.29, 1.82) is 0 Å². The smallest absolute Gasteiger partial charge is 0.312 e. The summed E-state index contributed by atoms with van der Waals surface area (Å²) < 4.78 is 0. The number of rotatable bonds is 5. The molecule has 3 unspecified atom stereocenters. The zero-order valence-electron chi connectivity index (χ0n) is 11.0. The summed E-state index contributed by atoms with van der Waals surface area (Å²) in [5.74, 6) is -2.02. The van der Waals surface area contributed by atoms with Gasteiger partial charge in [-0.25, -0.2) is 0 Å². The van der Waals surface area contributed by atoms with Gasteiger partial charge in [0.15, 0.2) is 0 Å². The fourth-order valence-corrected chi connectivity index (χ4v) is 2.28. The Balaban J connectivity index is 1.93. The van der Waals surface area contributed by atoms with Crippen LogP contribution in [-0.4, -0.2) is 47.3 Å². The van der Waals surface area contributed by atoms with Gasteiger partial charge in [-0.1, -0.05) is 30.3 Å². The zero-order chi connectivity index (χ0) is 14.5. The second kappa shape index (κ2) is 6.49. The molecule has 0 saturated carbocycles. The maximum Gasteiger partial charge on any atom is 0.312 e. The van der Waals surface area contributed by atoms with Gasteiger partial charge in [-0.3, -0.25) is 9.59 Å². The van der Waals surface area contributed by atoms with E-state index in [2.05, 4.69) is 10.6 Å². The minimum absolute atomic E-state index is 0.0342. The molecule has 1 aliphatic heterocycles. The lowest BCUT2D eigenvalue weighted by molar-refractivity contribution is -0.138. The Labute approximate surface area is 116 Å². The van der Waals surface area contributed by atoms with Crippen LogP contribution in [0, 0.1) is 0 Å². The van der Waals surface area contributed by atoms with Crippen LogP contribution in [0.25, 0.3) is 0 Å². The third-order valence-corrected chi connectivity index (χ3v) is 3.40.